The van der Waals surface area contributed by atoms with Crippen molar-refractivity contribution in [3.8, 4) is 0 Å². The van der Waals surface area contributed by atoms with Crippen LogP contribution < -0.4 is 0 Å². The van der Waals surface area contributed by atoms with E-state index in [4.69, 9.17) is 14.6 Å². The van der Waals surface area contributed by atoms with Gasteiger partial charge in [0.15, 0.2) is 0 Å². The second-order valence-corrected chi connectivity index (χ2v) is 4.41. The third-order valence-corrected chi connectivity index (χ3v) is 2.44. The molecule has 0 aliphatic carbocycles. The highest BCUT2D eigenvalue weighted by atomic mass is 32.1. The molecule has 0 aromatic carbocycles. The van der Waals surface area contributed by atoms with Gasteiger partial charge in [0, 0.05) is 0 Å². The van der Waals surface area contributed by atoms with Crippen molar-refractivity contribution in [3.05, 3.63) is 0 Å². The Morgan fingerprint density at radius 2 is 1.63 bits per heavy atom. The first-order valence-electron chi connectivity index (χ1n) is 5.01. The lowest BCUT2D eigenvalue weighted by atomic mass is 10.4. The minimum atomic E-state index is -1.93. The third-order valence-electron chi connectivity index (χ3n) is 1.55. The summed E-state index contributed by atoms with van der Waals surface area (Å²) in [6, 6.07) is 0. The lowest BCUT2D eigenvalue weighted by Crippen LogP contribution is -2.37. The molecular formula is C9H14O7S3. The van der Waals surface area contributed by atoms with Crippen LogP contribution >= 0.6 is 37.9 Å². The predicted octanol–water partition coefficient (Wildman–Crippen LogP) is -0.558. The summed E-state index contributed by atoms with van der Waals surface area (Å²) < 4.78 is 14.0. The molecule has 0 radical (unpaired) electrons. The van der Waals surface area contributed by atoms with Crippen molar-refractivity contribution < 1.29 is 33.7 Å². The van der Waals surface area contributed by atoms with E-state index in [1.54, 1.807) is 0 Å². The highest BCUT2D eigenvalue weighted by Gasteiger charge is 2.35. The topological polar surface area (TPSA) is 99.1 Å². The van der Waals surface area contributed by atoms with Crippen LogP contribution in [0.1, 0.15) is 6.42 Å². The van der Waals surface area contributed by atoms with Crippen molar-refractivity contribution in [2.75, 3.05) is 24.7 Å². The molecule has 0 fully saturated rings. The van der Waals surface area contributed by atoms with Crippen LogP contribution in [-0.4, -0.2) is 52.9 Å². The van der Waals surface area contributed by atoms with Crippen LogP contribution in [0.5, 0.6) is 0 Å². The number of thiol groups is 3. The average molecular weight is 330 g/mol. The molecule has 0 heterocycles. The molecule has 19 heavy (non-hydrogen) atoms. The fourth-order valence-electron chi connectivity index (χ4n) is 0.910. The molecule has 0 aliphatic rings. The fraction of sp³-hybridized carbons (Fsp3) is 0.667. The number of aliphatic hydroxyl groups is 1. The number of rotatable bonds is 8. The second kappa shape index (κ2) is 9.48. The summed E-state index contributed by atoms with van der Waals surface area (Å²) in [5.41, 5.74) is 0. The Morgan fingerprint density at radius 1 is 1.05 bits per heavy atom. The second-order valence-electron chi connectivity index (χ2n) is 3.10. The molecule has 7 nitrogen and oxygen atoms in total. The summed E-state index contributed by atoms with van der Waals surface area (Å²) in [6.45, 7) is -0.595. The summed E-state index contributed by atoms with van der Waals surface area (Å²) >= 11 is 11.2. The molecule has 0 aromatic heterocycles. The van der Waals surface area contributed by atoms with Crippen molar-refractivity contribution in [2.45, 2.75) is 11.5 Å². The minimum Gasteiger partial charge on any atom is -0.422 e. The molecule has 0 spiro atoms. The zero-order valence-electron chi connectivity index (χ0n) is 9.77. The molecule has 0 aliphatic heterocycles. The van der Waals surface area contributed by atoms with Gasteiger partial charge in [-0.15, -0.1) is 12.6 Å². The molecule has 0 aromatic rings. The Labute approximate surface area is 126 Å². The first-order chi connectivity index (χ1) is 8.86. The van der Waals surface area contributed by atoms with Gasteiger partial charge >= 0.3 is 17.9 Å². The van der Waals surface area contributed by atoms with Gasteiger partial charge in [0.1, 0.15) is 6.42 Å². The first kappa shape index (κ1) is 18.6. The van der Waals surface area contributed by atoms with Gasteiger partial charge < -0.3 is 19.3 Å². The molecule has 0 saturated heterocycles. The van der Waals surface area contributed by atoms with E-state index in [0.29, 0.717) is 0 Å². The molecule has 110 valence electrons. The van der Waals surface area contributed by atoms with Crippen molar-refractivity contribution >= 4 is 55.8 Å². The van der Waals surface area contributed by atoms with Crippen molar-refractivity contribution in [3.63, 3.8) is 0 Å². The average Bonchev–Trinajstić information content (AvgIpc) is 2.35. The number of hydrogen-bond donors (Lipinski definition) is 4. The van der Waals surface area contributed by atoms with E-state index in [2.05, 4.69) is 42.6 Å². The molecule has 10 heteroatoms. The molecule has 0 bridgehead atoms. The monoisotopic (exact) mass is 330 g/mol. The molecule has 0 saturated carbocycles. The Kier molecular flexibility index (Phi) is 9.27. The number of ether oxygens (including phenoxy) is 3. The Bertz CT molecular complexity index is 336. The van der Waals surface area contributed by atoms with Crippen molar-refractivity contribution in [1.29, 1.82) is 0 Å². The van der Waals surface area contributed by atoms with Gasteiger partial charge in [0.05, 0.1) is 24.7 Å². The zero-order valence-corrected chi connectivity index (χ0v) is 12.5. The van der Waals surface area contributed by atoms with Gasteiger partial charge in [-0.05, 0) is 0 Å². The van der Waals surface area contributed by atoms with Crippen molar-refractivity contribution in [1.82, 2.24) is 0 Å². The van der Waals surface area contributed by atoms with E-state index in [1.165, 1.54) is 0 Å². The maximum Gasteiger partial charge on any atom is 0.323 e. The highest BCUT2D eigenvalue weighted by Crippen LogP contribution is 2.24. The van der Waals surface area contributed by atoms with E-state index < -0.39 is 29.4 Å². The van der Waals surface area contributed by atoms with E-state index in [1.807, 2.05) is 0 Å². The smallest absolute Gasteiger partial charge is 0.323 e. The molecule has 1 unspecified atom stereocenters. The van der Waals surface area contributed by atoms with Gasteiger partial charge in [-0.1, -0.05) is 0 Å². The van der Waals surface area contributed by atoms with E-state index in [0.717, 1.165) is 0 Å². The molecule has 1 N–H and O–H groups in total. The zero-order chi connectivity index (χ0) is 14.9. The Morgan fingerprint density at radius 3 is 2.11 bits per heavy atom. The van der Waals surface area contributed by atoms with Gasteiger partial charge in [-0.25, -0.2) is 0 Å². The van der Waals surface area contributed by atoms with Crippen LogP contribution in [0.4, 0.5) is 0 Å². The first-order valence-corrected chi connectivity index (χ1v) is 6.72. The lowest BCUT2D eigenvalue weighted by Gasteiger charge is -2.26. The third kappa shape index (κ3) is 8.37. The SMILES string of the molecule is O=C(CS)OC(=O)CC(S)(OCCO)OC(=O)CS. The number of esters is 3. The van der Waals surface area contributed by atoms with Crippen LogP contribution in [0.3, 0.4) is 0 Å². The quantitative estimate of drug-likeness (QED) is 0.205. The lowest BCUT2D eigenvalue weighted by molar-refractivity contribution is -0.196. The maximum absolute atomic E-state index is 11.4. The fourth-order valence-corrected chi connectivity index (χ4v) is 1.36. The Balaban J connectivity index is 4.60. The number of carbonyl (C=O) groups excluding carboxylic acids is 3. The molecule has 0 amide bonds. The van der Waals surface area contributed by atoms with E-state index >= 15 is 0 Å². The van der Waals surface area contributed by atoms with Gasteiger partial charge in [-0.3, -0.25) is 14.4 Å². The van der Waals surface area contributed by atoms with Crippen molar-refractivity contribution in [2.24, 2.45) is 0 Å². The van der Waals surface area contributed by atoms with E-state index in [9.17, 15) is 14.4 Å². The maximum atomic E-state index is 11.4. The number of carbonyl (C=O) groups is 3. The number of aliphatic hydroxyl groups excluding tert-OH is 1. The highest BCUT2D eigenvalue weighted by molar-refractivity contribution is 7.81. The van der Waals surface area contributed by atoms with Crippen LogP contribution in [0.15, 0.2) is 0 Å². The van der Waals surface area contributed by atoms with Crippen LogP contribution in [0.25, 0.3) is 0 Å². The van der Waals surface area contributed by atoms with Gasteiger partial charge in [-0.2, -0.15) is 25.3 Å². The molecule has 0 rings (SSSR count). The summed E-state index contributed by atoms with van der Waals surface area (Å²) in [7, 11) is 0. The molecular weight excluding hydrogens is 316 g/mol. The summed E-state index contributed by atoms with van der Waals surface area (Å²) in [5, 5.41) is 6.71. The van der Waals surface area contributed by atoms with Crippen LogP contribution in [0, 0.1) is 0 Å². The minimum absolute atomic E-state index is 0.225. The summed E-state index contributed by atoms with van der Waals surface area (Å²) in [6.07, 6.45) is -0.630. The summed E-state index contributed by atoms with van der Waals surface area (Å²) in [4.78, 5) is 33.4. The summed E-state index contributed by atoms with van der Waals surface area (Å²) in [5.74, 6) is -3.18. The normalized spacial score (nSPS) is 13.5. The van der Waals surface area contributed by atoms with Crippen LogP contribution in [-0.2, 0) is 28.6 Å². The van der Waals surface area contributed by atoms with Gasteiger partial charge in [0.25, 0.3) is 5.12 Å². The molecule has 1 atom stereocenters. The Hall–Kier alpha value is -0.420. The van der Waals surface area contributed by atoms with E-state index in [-0.39, 0.29) is 24.7 Å². The predicted molar refractivity (Wildman–Crippen MR) is 74.3 cm³/mol. The largest absolute Gasteiger partial charge is 0.422 e. The van der Waals surface area contributed by atoms with Crippen LogP contribution in [0.2, 0.25) is 0 Å². The van der Waals surface area contributed by atoms with Gasteiger partial charge in [0.2, 0.25) is 0 Å². The standard InChI is InChI=1S/C9H14O7S3/c10-1-2-14-9(19,16-8(13)5-18)3-6(11)15-7(12)4-17/h10,17-19H,1-5H2. The number of hydrogen-bond acceptors (Lipinski definition) is 10.